The Labute approximate surface area is 77.1 Å². The van der Waals surface area contributed by atoms with E-state index >= 15 is 0 Å². The molecule has 1 aromatic carbocycles. The lowest BCUT2D eigenvalue weighted by atomic mass is 10.2. The predicted molar refractivity (Wildman–Crippen MR) is 52.4 cm³/mol. The van der Waals surface area contributed by atoms with Gasteiger partial charge in [0, 0.05) is 22.4 Å². The van der Waals surface area contributed by atoms with Crippen molar-refractivity contribution in [1.82, 2.24) is 0 Å². The van der Waals surface area contributed by atoms with Crippen LogP contribution >= 0.6 is 12.6 Å². The van der Waals surface area contributed by atoms with Crippen LogP contribution in [0.5, 0.6) is 0 Å². The molecular formula is C10H10NS+. The average Bonchev–Trinajstić information content (AvgIpc) is 2.04. The van der Waals surface area contributed by atoms with E-state index in [0.29, 0.717) is 0 Å². The molecule has 60 valence electrons. The van der Waals surface area contributed by atoms with E-state index in [-0.39, 0.29) is 0 Å². The van der Waals surface area contributed by atoms with Crippen molar-refractivity contribution >= 4 is 23.5 Å². The van der Waals surface area contributed by atoms with Crippen molar-refractivity contribution in [3.05, 3.63) is 36.5 Å². The van der Waals surface area contributed by atoms with E-state index in [1.165, 1.54) is 10.9 Å². The topological polar surface area (TPSA) is 3.88 Å². The summed E-state index contributed by atoms with van der Waals surface area (Å²) in [5.41, 5.74) is 1.23. The van der Waals surface area contributed by atoms with E-state index in [2.05, 4.69) is 35.4 Å². The van der Waals surface area contributed by atoms with Crippen LogP contribution in [0, 0.1) is 0 Å². The average molecular weight is 176 g/mol. The molecule has 2 aromatic rings. The zero-order valence-electron chi connectivity index (χ0n) is 6.86. The van der Waals surface area contributed by atoms with E-state index < -0.39 is 0 Å². The van der Waals surface area contributed by atoms with Crippen molar-refractivity contribution in [3.8, 4) is 0 Å². The zero-order valence-corrected chi connectivity index (χ0v) is 7.75. The van der Waals surface area contributed by atoms with Gasteiger partial charge in [-0.2, -0.15) is 0 Å². The first-order chi connectivity index (χ1) is 5.77. The summed E-state index contributed by atoms with van der Waals surface area (Å²) >= 11 is 4.29. The van der Waals surface area contributed by atoms with Gasteiger partial charge in [0.2, 0.25) is 5.52 Å². The normalized spacial score (nSPS) is 10.5. The maximum absolute atomic E-state index is 4.29. The molecule has 0 aliphatic rings. The van der Waals surface area contributed by atoms with Crippen LogP contribution in [0.1, 0.15) is 0 Å². The molecule has 0 saturated heterocycles. The number of hydrogen-bond acceptors (Lipinski definition) is 1. The largest absolute Gasteiger partial charge is 0.212 e. The maximum Gasteiger partial charge on any atom is 0.212 e. The molecule has 2 heteroatoms. The third-order valence-corrected chi connectivity index (χ3v) is 2.25. The fraction of sp³-hybridized carbons (Fsp3) is 0.100. The molecule has 0 atom stereocenters. The van der Waals surface area contributed by atoms with Gasteiger partial charge in [-0.15, -0.1) is 12.6 Å². The molecule has 0 bridgehead atoms. The van der Waals surface area contributed by atoms with Crippen LogP contribution in [0.2, 0.25) is 0 Å². The lowest BCUT2D eigenvalue weighted by Gasteiger charge is -1.96. The molecule has 0 amide bonds. The first kappa shape index (κ1) is 7.62. The second kappa shape index (κ2) is 2.79. The molecular weight excluding hydrogens is 166 g/mol. The molecule has 0 aliphatic heterocycles. The monoisotopic (exact) mass is 176 g/mol. The second-order valence-corrected chi connectivity index (χ2v) is 3.38. The Bertz CT molecular complexity index is 423. The van der Waals surface area contributed by atoms with Crippen molar-refractivity contribution in [1.29, 1.82) is 0 Å². The molecule has 0 spiro atoms. The van der Waals surface area contributed by atoms with Crippen molar-refractivity contribution in [2.24, 2.45) is 7.05 Å². The summed E-state index contributed by atoms with van der Waals surface area (Å²) in [6.07, 6.45) is 2.04. The zero-order chi connectivity index (χ0) is 8.55. The van der Waals surface area contributed by atoms with Gasteiger partial charge in [-0.1, -0.05) is 0 Å². The highest BCUT2D eigenvalue weighted by atomic mass is 32.1. The highest BCUT2D eigenvalue weighted by Gasteiger charge is 2.01. The summed E-state index contributed by atoms with van der Waals surface area (Å²) < 4.78 is 2.10. The molecule has 1 aromatic heterocycles. The van der Waals surface area contributed by atoms with Gasteiger partial charge in [0.15, 0.2) is 6.20 Å². The molecule has 0 aliphatic carbocycles. The van der Waals surface area contributed by atoms with Gasteiger partial charge in [0.25, 0.3) is 0 Å². The van der Waals surface area contributed by atoms with Crippen LogP contribution in [-0.4, -0.2) is 0 Å². The van der Waals surface area contributed by atoms with Crippen molar-refractivity contribution < 1.29 is 4.57 Å². The van der Waals surface area contributed by atoms with Crippen molar-refractivity contribution in [2.45, 2.75) is 4.90 Å². The van der Waals surface area contributed by atoms with Gasteiger partial charge in [-0.05, 0) is 18.2 Å². The number of pyridine rings is 1. The quantitative estimate of drug-likeness (QED) is 0.462. The Balaban J connectivity index is 2.86. The third kappa shape index (κ3) is 1.18. The number of fused-ring (bicyclic) bond motifs is 1. The van der Waals surface area contributed by atoms with E-state index in [9.17, 15) is 0 Å². The number of hydrogen-bond donors (Lipinski definition) is 1. The van der Waals surface area contributed by atoms with Gasteiger partial charge in [0.1, 0.15) is 7.05 Å². The molecule has 12 heavy (non-hydrogen) atoms. The molecule has 0 N–H and O–H groups in total. The first-order valence-corrected chi connectivity index (χ1v) is 4.29. The van der Waals surface area contributed by atoms with Crippen molar-refractivity contribution in [3.63, 3.8) is 0 Å². The number of rotatable bonds is 0. The van der Waals surface area contributed by atoms with Crippen LogP contribution in [0.25, 0.3) is 10.9 Å². The SMILES string of the molecule is C[n+]1cccc2cc(S)ccc21. The van der Waals surface area contributed by atoms with Crippen LogP contribution in [0.3, 0.4) is 0 Å². The Morgan fingerprint density at radius 2 is 2.08 bits per heavy atom. The minimum atomic E-state index is 1.01. The molecule has 1 heterocycles. The highest BCUT2D eigenvalue weighted by Crippen LogP contribution is 2.14. The summed E-state index contributed by atoms with van der Waals surface area (Å²) in [4.78, 5) is 1.01. The minimum Gasteiger partial charge on any atom is -0.201 e. The molecule has 0 saturated carbocycles. The van der Waals surface area contributed by atoms with Gasteiger partial charge in [-0.3, -0.25) is 0 Å². The van der Waals surface area contributed by atoms with Gasteiger partial charge >= 0.3 is 0 Å². The standard InChI is InChI=1S/C10H9NS/c1-11-6-2-3-8-7-9(12)4-5-10(8)11/h2-7H,1H3/p+1. The van der Waals surface area contributed by atoms with Gasteiger partial charge in [-0.25, -0.2) is 4.57 Å². The van der Waals surface area contributed by atoms with Crippen molar-refractivity contribution in [2.75, 3.05) is 0 Å². The summed E-state index contributed by atoms with van der Waals surface area (Å²) in [6, 6.07) is 10.3. The second-order valence-electron chi connectivity index (χ2n) is 2.86. The molecule has 1 nitrogen and oxygen atoms in total. The van der Waals surface area contributed by atoms with Gasteiger partial charge in [0.05, 0.1) is 0 Å². The molecule has 0 radical (unpaired) electrons. The fourth-order valence-corrected chi connectivity index (χ4v) is 1.57. The van der Waals surface area contributed by atoms with E-state index in [0.717, 1.165) is 4.90 Å². The third-order valence-electron chi connectivity index (χ3n) is 1.98. The lowest BCUT2D eigenvalue weighted by Crippen LogP contribution is -2.27. The summed E-state index contributed by atoms with van der Waals surface area (Å²) in [7, 11) is 2.04. The van der Waals surface area contributed by atoms with Gasteiger partial charge < -0.3 is 0 Å². The van der Waals surface area contributed by atoms with E-state index in [1.54, 1.807) is 0 Å². The Morgan fingerprint density at radius 3 is 2.92 bits per heavy atom. The first-order valence-electron chi connectivity index (χ1n) is 3.85. The minimum absolute atomic E-state index is 1.01. The molecule has 2 rings (SSSR count). The molecule has 0 unspecified atom stereocenters. The maximum atomic E-state index is 4.29. The van der Waals surface area contributed by atoms with E-state index in [4.69, 9.17) is 0 Å². The summed E-state index contributed by atoms with van der Waals surface area (Å²) in [6.45, 7) is 0. The Kier molecular flexibility index (Phi) is 1.77. The summed E-state index contributed by atoms with van der Waals surface area (Å²) in [5, 5.41) is 1.23. The number of benzene rings is 1. The highest BCUT2D eigenvalue weighted by molar-refractivity contribution is 7.80. The Hall–Kier alpha value is -1.02. The number of thiol groups is 1. The summed E-state index contributed by atoms with van der Waals surface area (Å²) in [5.74, 6) is 0. The fourth-order valence-electron chi connectivity index (χ4n) is 1.35. The smallest absolute Gasteiger partial charge is 0.201 e. The van der Waals surface area contributed by atoms with Crippen LogP contribution in [-0.2, 0) is 7.05 Å². The molecule has 0 fully saturated rings. The van der Waals surface area contributed by atoms with Crippen LogP contribution < -0.4 is 4.57 Å². The van der Waals surface area contributed by atoms with E-state index in [1.807, 2.05) is 25.4 Å². The van der Waals surface area contributed by atoms with Crippen LogP contribution in [0.4, 0.5) is 0 Å². The number of aryl methyl sites for hydroxylation is 1. The Morgan fingerprint density at radius 1 is 1.25 bits per heavy atom. The lowest BCUT2D eigenvalue weighted by molar-refractivity contribution is -0.644. The number of aromatic nitrogens is 1. The van der Waals surface area contributed by atoms with Crippen LogP contribution in [0.15, 0.2) is 41.4 Å². The predicted octanol–water partition coefficient (Wildman–Crippen LogP) is 1.95. The number of nitrogens with zero attached hydrogens (tertiary/aromatic N) is 1.